The van der Waals surface area contributed by atoms with Gasteiger partial charge in [0.2, 0.25) is 0 Å². The predicted octanol–water partition coefficient (Wildman–Crippen LogP) is 5.07. The van der Waals surface area contributed by atoms with Crippen LogP contribution in [-0.2, 0) is 0 Å². The fraction of sp³-hybridized carbons (Fsp3) is 0.143. The molecule has 1 unspecified atom stereocenters. The SMILES string of the molecule is COc1cccc(C(CNC(=O)c2ccn(-c3ccc(F)cc3)n2)c2c[nH]c3ccccc23)c1OC. The average molecular weight is 485 g/mol. The number of methoxy groups -OCH3 is 2. The van der Waals surface area contributed by atoms with Gasteiger partial charge < -0.3 is 19.8 Å². The second kappa shape index (κ2) is 9.95. The van der Waals surface area contributed by atoms with Crippen LogP contribution in [0.25, 0.3) is 16.6 Å². The van der Waals surface area contributed by atoms with Gasteiger partial charge in [0.1, 0.15) is 5.82 Å². The minimum Gasteiger partial charge on any atom is -0.493 e. The Hall–Kier alpha value is -4.59. The highest BCUT2D eigenvalue weighted by atomic mass is 19.1. The Balaban J connectivity index is 1.46. The van der Waals surface area contributed by atoms with Gasteiger partial charge in [-0.1, -0.05) is 30.3 Å². The van der Waals surface area contributed by atoms with E-state index in [1.54, 1.807) is 38.6 Å². The number of nitrogens with one attached hydrogen (secondary N) is 2. The van der Waals surface area contributed by atoms with Gasteiger partial charge in [0.15, 0.2) is 17.2 Å². The lowest BCUT2D eigenvalue weighted by Gasteiger charge is -2.21. The molecule has 5 rings (SSSR count). The standard InChI is InChI=1S/C28H25FN4O3/c1-35-26-9-5-7-21(27(26)36-2)23(22-16-30-24-8-4-3-6-20(22)24)17-31-28(34)25-14-15-33(32-25)19-12-10-18(29)11-13-19/h3-16,23,30H,17H2,1-2H3,(H,31,34). The summed E-state index contributed by atoms with van der Waals surface area (Å²) in [7, 11) is 3.20. The molecule has 1 atom stereocenters. The van der Waals surface area contributed by atoms with E-state index >= 15 is 0 Å². The highest BCUT2D eigenvalue weighted by molar-refractivity contribution is 5.92. The average Bonchev–Trinajstić information content (AvgIpc) is 3.57. The first-order valence-electron chi connectivity index (χ1n) is 11.5. The van der Waals surface area contributed by atoms with Gasteiger partial charge in [-0.3, -0.25) is 4.79 Å². The Morgan fingerprint density at radius 1 is 1.00 bits per heavy atom. The van der Waals surface area contributed by atoms with Crippen LogP contribution in [0.1, 0.15) is 27.5 Å². The van der Waals surface area contributed by atoms with Gasteiger partial charge in [0.25, 0.3) is 5.91 Å². The van der Waals surface area contributed by atoms with Crippen molar-refractivity contribution in [2.45, 2.75) is 5.92 Å². The molecule has 2 N–H and O–H groups in total. The van der Waals surface area contributed by atoms with Crippen LogP contribution in [0.15, 0.2) is 85.2 Å². The lowest BCUT2D eigenvalue weighted by atomic mass is 9.89. The topological polar surface area (TPSA) is 81.2 Å². The zero-order valence-electron chi connectivity index (χ0n) is 19.9. The number of carbonyl (C=O) groups excluding carboxylic acids is 1. The molecule has 0 saturated carbocycles. The molecule has 0 fully saturated rings. The van der Waals surface area contributed by atoms with Crippen molar-refractivity contribution >= 4 is 16.8 Å². The van der Waals surface area contributed by atoms with Crippen molar-refractivity contribution in [2.24, 2.45) is 0 Å². The molecule has 0 saturated heterocycles. The monoisotopic (exact) mass is 484 g/mol. The zero-order chi connectivity index (χ0) is 25.1. The molecule has 0 aliphatic carbocycles. The van der Waals surface area contributed by atoms with E-state index in [0.29, 0.717) is 23.7 Å². The van der Waals surface area contributed by atoms with Crippen LogP contribution < -0.4 is 14.8 Å². The molecule has 0 aliphatic heterocycles. The molecule has 5 aromatic rings. The summed E-state index contributed by atoms with van der Waals surface area (Å²) in [5.74, 6) is 0.353. The summed E-state index contributed by atoms with van der Waals surface area (Å²) in [5.41, 5.74) is 3.83. The molecule has 1 amide bonds. The van der Waals surface area contributed by atoms with Gasteiger partial charge in [0, 0.05) is 41.3 Å². The van der Waals surface area contributed by atoms with E-state index in [9.17, 15) is 9.18 Å². The van der Waals surface area contributed by atoms with Gasteiger partial charge in [-0.25, -0.2) is 9.07 Å². The Morgan fingerprint density at radius 2 is 1.81 bits per heavy atom. The fourth-order valence-electron chi connectivity index (χ4n) is 4.42. The summed E-state index contributed by atoms with van der Waals surface area (Å²) in [5, 5.41) is 8.45. The van der Waals surface area contributed by atoms with Crippen molar-refractivity contribution < 1.29 is 18.7 Å². The predicted molar refractivity (Wildman–Crippen MR) is 136 cm³/mol. The van der Waals surface area contributed by atoms with Crippen molar-refractivity contribution in [3.05, 3.63) is 108 Å². The first-order chi connectivity index (χ1) is 17.6. The summed E-state index contributed by atoms with van der Waals surface area (Å²) in [6, 6.07) is 21.3. The number of hydrogen-bond donors (Lipinski definition) is 2. The van der Waals surface area contributed by atoms with Gasteiger partial charge in [-0.2, -0.15) is 5.10 Å². The highest BCUT2D eigenvalue weighted by Crippen LogP contribution is 2.40. The maximum Gasteiger partial charge on any atom is 0.271 e. The lowest BCUT2D eigenvalue weighted by molar-refractivity contribution is 0.0947. The number of carbonyl (C=O) groups is 1. The zero-order valence-corrected chi connectivity index (χ0v) is 19.9. The Bertz CT molecular complexity index is 1510. The van der Waals surface area contributed by atoms with Crippen LogP contribution in [0.4, 0.5) is 4.39 Å². The van der Waals surface area contributed by atoms with Crippen LogP contribution >= 0.6 is 0 Å². The third kappa shape index (κ3) is 4.40. The van der Waals surface area contributed by atoms with Crippen molar-refractivity contribution in [1.82, 2.24) is 20.1 Å². The van der Waals surface area contributed by atoms with E-state index in [2.05, 4.69) is 15.4 Å². The van der Waals surface area contributed by atoms with Gasteiger partial charge in [-0.05, 0) is 48.0 Å². The van der Waals surface area contributed by atoms with Crippen LogP contribution in [-0.4, -0.2) is 41.4 Å². The number of benzene rings is 3. The molecule has 0 spiro atoms. The van der Waals surface area contributed by atoms with E-state index in [1.807, 2.05) is 48.7 Å². The first kappa shape index (κ1) is 23.2. The molecule has 0 radical (unpaired) electrons. The van der Waals surface area contributed by atoms with E-state index in [0.717, 1.165) is 22.0 Å². The molecule has 2 aromatic heterocycles. The van der Waals surface area contributed by atoms with E-state index in [4.69, 9.17) is 9.47 Å². The van der Waals surface area contributed by atoms with Crippen LogP contribution in [0.5, 0.6) is 11.5 Å². The number of rotatable bonds is 8. The summed E-state index contributed by atoms with van der Waals surface area (Å²) in [4.78, 5) is 16.4. The highest BCUT2D eigenvalue weighted by Gasteiger charge is 2.25. The molecule has 182 valence electrons. The van der Waals surface area contributed by atoms with Crippen LogP contribution in [0.3, 0.4) is 0 Å². The normalized spacial score (nSPS) is 11.9. The molecule has 8 heteroatoms. The third-order valence-electron chi connectivity index (χ3n) is 6.19. The molecule has 3 aromatic carbocycles. The molecule has 7 nitrogen and oxygen atoms in total. The number of amides is 1. The summed E-state index contributed by atoms with van der Waals surface area (Å²) in [6.45, 7) is 0.299. The minimum absolute atomic E-state index is 0.227. The second-order valence-electron chi connectivity index (χ2n) is 8.26. The van der Waals surface area contributed by atoms with Crippen molar-refractivity contribution in [2.75, 3.05) is 20.8 Å². The lowest BCUT2D eigenvalue weighted by Crippen LogP contribution is -2.29. The summed E-state index contributed by atoms with van der Waals surface area (Å²) in [6.07, 6.45) is 3.63. The van der Waals surface area contributed by atoms with Crippen molar-refractivity contribution in [3.63, 3.8) is 0 Å². The Morgan fingerprint density at radius 3 is 2.58 bits per heavy atom. The molecule has 0 bridgehead atoms. The van der Waals surface area contributed by atoms with Crippen molar-refractivity contribution in [1.29, 1.82) is 0 Å². The number of aromatic amines is 1. The van der Waals surface area contributed by atoms with E-state index in [-0.39, 0.29) is 23.3 Å². The Labute approximate surface area is 207 Å². The third-order valence-corrected chi connectivity index (χ3v) is 6.19. The maximum absolute atomic E-state index is 13.3. The summed E-state index contributed by atoms with van der Waals surface area (Å²) < 4.78 is 26.0. The summed E-state index contributed by atoms with van der Waals surface area (Å²) >= 11 is 0. The van der Waals surface area contributed by atoms with Crippen molar-refractivity contribution in [3.8, 4) is 17.2 Å². The minimum atomic E-state index is -0.333. The fourth-order valence-corrected chi connectivity index (χ4v) is 4.42. The van der Waals surface area contributed by atoms with Gasteiger partial charge in [0.05, 0.1) is 19.9 Å². The number of halogens is 1. The number of nitrogens with zero attached hydrogens (tertiary/aromatic N) is 2. The number of hydrogen-bond acceptors (Lipinski definition) is 4. The molecular formula is C28H25FN4O3. The molecular weight excluding hydrogens is 459 g/mol. The first-order valence-corrected chi connectivity index (χ1v) is 11.5. The number of fused-ring (bicyclic) bond motifs is 1. The maximum atomic E-state index is 13.3. The molecule has 0 aliphatic rings. The Kier molecular flexibility index (Phi) is 6.40. The number of aromatic nitrogens is 3. The number of para-hydroxylation sites is 2. The van der Waals surface area contributed by atoms with Crippen LogP contribution in [0.2, 0.25) is 0 Å². The number of ether oxygens (including phenoxy) is 2. The second-order valence-corrected chi connectivity index (χ2v) is 8.26. The van der Waals surface area contributed by atoms with E-state index < -0.39 is 0 Å². The van der Waals surface area contributed by atoms with Gasteiger partial charge in [-0.15, -0.1) is 0 Å². The largest absolute Gasteiger partial charge is 0.493 e. The molecule has 36 heavy (non-hydrogen) atoms. The van der Waals surface area contributed by atoms with E-state index in [1.165, 1.54) is 16.8 Å². The smallest absolute Gasteiger partial charge is 0.271 e. The quantitative estimate of drug-likeness (QED) is 0.322. The van der Waals surface area contributed by atoms with Gasteiger partial charge >= 0.3 is 0 Å². The molecule has 2 heterocycles. The number of H-pyrrole nitrogens is 1. The van der Waals surface area contributed by atoms with Crippen LogP contribution in [0, 0.1) is 5.82 Å².